The summed E-state index contributed by atoms with van der Waals surface area (Å²) in [4.78, 5) is 0. The fourth-order valence-corrected chi connectivity index (χ4v) is 8.89. The van der Waals surface area contributed by atoms with E-state index in [4.69, 9.17) is 4.42 Å². The molecule has 11 aromatic rings. The Kier molecular flexibility index (Phi) is 7.23. The van der Waals surface area contributed by atoms with Gasteiger partial charge in [-0.05, 0) is 107 Å². The van der Waals surface area contributed by atoms with Crippen molar-refractivity contribution >= 4 is 71.6 Å². The third-order valence-corrected chi connectivity index (χ3v) is 11.5. The Bertz CT molecular complexity index is 3390. The fraction of sp³-hybridized carbons (Fsp3) is 0.0189. The smallest absolute Gasteiger partial charge is 0.137 e. The highest BCUT2D eigenvalue weighted by Gasteiger charge is 2.19. The van der Waals surface area contributed by atoms with E-state index in [9.17, 15) is 0 Å². The lowest BCUT2D eigenvalue weighted by molar-refractivity contribution is 0.669. The molecule has 264 valence electrons. The van der Waals surface area contributed by atoms with Gasteiger partial charge in [-0.2, -0.15) is 0 Å². The first kappa shape index (κ1) is 32.1. The summed E-state index contributed by atoms with van der Waals surface area (Å²) in [6.45, 7) is 6.04. The van der Waals surface area contributed by atoms with E-state index >= 15 is 0 Å². The summed E-state index contributed by atoms with van der Waals surface area (Å²) in [5, 5.41) is 7.18. The summed E-state index contributed by atoms with van der Waals surface area (Å²) in [6.07, 6.45) is 5.98. The van der Waals surface area contributed by atoms with Gasteiger partial charge < -0.3 is 13.6 Å². The lowest BCUT2D eigenvalue weighted by atomic mass is 9.95. The molecule has 3 heterocycles. The van der Waals surface area contributed by atoms with Crippen molar-refractivity contribution in [2.75, 3.05) is 0 Å². The van der Waals surface area contributed by atoms with E-state index in [1.807, 2.05) is 24.3 Å². The highest BCUT2D eigenvalue weighted by Crippen LogP contribution is 2.41. The monoisotopic (exact) mass is 716 g/mol. The molecule has 8 aromatic carbocycles. The standard InChI is InChI=1S/C53H36N2O/c1-3-4-14-39-34(2)13-11-18-40(39)35-24-28-38(29-25-35)54-46-19-8-5-15-41(46)44-32-36(26-30-48(44)54)37-27-31-49-45(33-37)42-16-6-9-20-47(42)55(49)50-21-12-23-52-53(50)43-17-7-10-22-51(43)56-52/h3-33H,1H2,2H3/b14-4-. The zero-order valence-electron chi connectivity index (χ0n) is 30.9. The normalized spacial score (nSPS) is 12.0. The number of aromatic nitrogens is 2. The minimum atomic E-state index is 0.895. The van der Waals surface area contributed by atoms with Crippen LogP contribution in [0.15, 0.2) is 193 Å². The van der Waals surface area contributed by atoms with Crippen LogP contribution in [0.2, 0.25) is 0 Å². The lowest BCUT2D eigenvalue weighted by Gasteiger charge is -2.12. The minimum absolute atomic E-state index is 0.895. The molecule has 0 aliphatic carbocycles. The number of fused-ring (bicyclic) bond motifs is 9. The molecule has 0 radical (unpaired) electrons. The van der Waals surface area contributed by atoms with Crippen molar-refractivity contribution in [2.24, 2.45) is 0 Å². The van der Waals surface area contributed by atoms with Crippen molar-refractivity contribution in [3.8, 4) is 33.6 Å². The van der Waals surface area contributed by atoms with Gasteiger partial charge in [0.25, 0.3) is 0 Å². The number of nitrogens with zero attached hydrogens (tertiary/aromatic N) is 2. The average molecular weight is 717 g/mol. The van der Waals surface area contributed by atoms with Crippen LogP contribution < -0.4 is 0 Å². The largest absolute Gasteiger partial charge is 0.456 e. The second kappa shape index (κ2) is 12.6. The van der Waals surface area contributed by atoms with Gasteiger partial charge in [0.2, 0.25) is 0 Å². The molecule has 0 aliphatic rings. The van der Waals surface area contributed by atoms with E-state index < -0.39 is 0 Å². The molecule has 0 saturated heterocycles. The van der Waals surface area contributed by atoms with E-state index in [2.05, 4.69) is 186 Å². The van der Waals surface area contributed by atoms with E-state index in [0.717, 1.165) is 33.3 Å². The Balaban J connectivity index is 1.04. The molecule has 0 spiro atoms. The van der Waals surface area contributed by atoms with Crippen LogP contribution in [-0.2, 0) is 0 Å². The summed E-state index contributed by atoms with van der Waals surface area (Å²) in [7, 11) is 0. The third kappa shape index (κ3) is 4.84. The maximum absolute atomic E-state index is 6.31. The predicted molar refractivity (Wildman–Crippen MR) is 237 cm³/mol. The van der Waals surface area contributed by atoms with E-state index in [1.54, 1.807) is 0 Å². The van der Waals surface area contributed by atoms with Crippen LogP contribution in [0.3, 0.4) is 0 Å². The number of rotatable bonds is 6. The second-order valence-electron chi connectivity index (χ2n) is 14.6. The molecule has 0 N–H and O–H groups in total. The van der Waals surface area contributed by atoms with E-state index in [-0.39, 0.29) is 0 Å². The van der Waals surface area contributed by atoms with Crippen LogP contribution >= 0.6 is 0 Å². The van der Waals surface area contributed by atoms with Gasteiger partial charge in [0.1, 0.15) is 11.2 Å². The van der Waals surface area contributed by atoms with Gasteiger partial charge in [-0.25, -0.2) is 0 Å². The Labute approximate surface area is 324 Å². The molecular formula is C53H36N2O. The summed E-state index contributed by atoms with van der Waals surface area (Å²) < 4.78 is 11.1. The van der Waals surface area contributed by atoms with E-state index in [1.165, 1.54) is 77.0 Å². The number of allylic oxidation sites excluding steroid dienone is 2. The number of hydrogen-bond donors (Lipinski definition) is 0. The number of hydrogen-bond acceptors (Lipinski definition) is 1. The third-order valence-electron chi connectivity index (χ3n) is 11.5. The molecule has 0 fully saturated rings. The summed E-state index contributed by atoms with van der Waals surface area (Å²) in [5.41, 5.74) is 16.0. The number of benzene rings is 8. The first-order chi connectivity index (χ1) is 27.7. The lowest BCUT2D eigenvalue weighted by Crippen LogP contribution is -1.95. The molecule has 11 rings (SSSR count). The van der Waals surface area contributed by atoms with Crippen LogP contribution in [0.25, 0.3) is 105 Å². The van der Waals surface area contributed by atoms with Crippen molar-refractivity contribution in [3.63, 3.8) is 0 Å². The highest BCUT2D eigenvalue weighted by atomic mass is 16.3. The van der Waals surface area contributed by atoms with Crippen LogP contribution in [0.4, 0.5) is 0 Å². The highest BCUT2D eigenvalue weighted by molar-refractivity contribution is 6.15. The zero-order valence-corrected chi connectivity index (χ0v) is 30.9. The van der Waals surface area contributed by atoms with Gasteiger partial charge >= 0.3 is 0 Å². The first-order valence-electron chi connectivity index (χ1n) is 19.1. The van der Waals surface area contributed by atoms with Gasteiger partial charge in [-0.3, -0.25) is 0 Å². The van der Waals surface area contributed by atoms with Crippen molar-refractivity contribution in [3.05, 3.63) is 200 Å². The Morgan fingerprint density at radius 3 is 1.77 bits per heavy atom. The van der Waals surface area contributed by atoms with Gasteiger partial charge in [0, 0.05) is 32.6 Å². The van der Waals surface area contributed by atoms with Crippen molar-refractivity contribution < 1.29 is 4.42 Å². The first-order valence-corrected chi connectivity index (χ1v) is 19.1. The topological polar surface area (TPSA) is 23.0 Å². The fourth-order valence-electron chi connectivity index (χ4n) is 8.89. The summed E-state index contributed by atoms with van der Waals surface area (Å²) in [5.74, 6) is 0. The number of aryl methyl sites for hydroxylation is 1. The molecule has 0 unspecified atom stereocenters. The number of furan rings is 1. The van der Waals surface area contributed by atoms with Gasteiger partial charge in [-0.1, -0.05) is 128 Å². The summed E-state index contributed by atoms with van der Waals surface area (Å²) >= 11 is 0. The molecular weight excluding hydrogens is 681 g/mol. The van der Waals surface area contributed by atoms with Crippen molar-refractivity contribution in [2.45, 2.75) is 6.92 Å². The van der Waals surface area contributed by atoms with Crippen molar-refractivity contribution in [1.82, 2.24) is 9.13 Å². The molecule has 0 saturated carbocycles. The average Bonchev–Trinajstić information content (AvgIpc) is 3.91. The van der Waals surface area contributed by atoms with Gasteiger partial charge in [-0.15, -0.1) is 0 Å². The molecule has 0 bridgehead atoms. The molecule has 3 heteroatoms. The Morgan fingerprint density at radius 2 is 1.05 bits per heavy atom. The maximum Gasteiger partial charge on any atom is 0.137 e. The van der Waals surface area contributed by atoms with Gasteiger partial charge in [0.15, 0.2) is 0 Å². The molecule has 0 aliphatic heterocycles. The molecule has 3 nitrogen and oxygen atoms in total. The van der Waals surface area contributed by atoms with Crippen molar-refractivity contribution in [1.29, 1.82) is 0 Å². The Hall–Kier alpha value is -7.36. The molecule has 3 aromatic heterocycles. The van der Waals surface area contributed by atoms with E-state index in [0.29, 0.717) is 0 Å². The molecule has 56 heavy (non-hydrogen) atoms. The zero-order chi connectivity index (χ0) is 37.3. The maximum atomic E-state index is 6.31. The molecule has 0 atom stereocenters. The molecule has 0 amide bonds. The van der Waals surface area contributed by atoms with Crippen LogP contribution in [0, 0.1) is 6.92 Å². The predicted octanol–water partition coefficient (Wildman–Crippen LogP) is 14.6. The van der Waals surface area contributed by atoms with Crippen LogP contribution in [0.1, 0.15) is 11.1 Å². The SMILES string of the molecule is C=C/C=C\c1c(C)cccc1-c1ccc(-n2c3ccccc3c3cc(-c4ccc5c(c4)c4ccccc4n5-c4cccc5oc6ccccc6c45)ccc32)cc1. The second-order valence-corrected chi connectivity index (χ2v) is 14.6. The number of para-hydroxylation sites is 3. The minimum Gasteiger partial charge on any atom is -0.456 e. The summed E-state index contributed by atoms with van der Waals surface area (Å²) in [6, 6.07) is 61.5. The Morgan fingerprint density at radius 1 is 0.482 bits per heavy atom. The van der Waals surface area contributed by atoms with Crippen LogP contribution in [0.5, 0.6) is 0 Å². The quantitative estimate of drug-likeness (QED) is 0.157. The van der Waals surface area contributed by atoms with Crippen LogP contribution in [-0.4, -0.2) is 9.13 Å². The van der Waals surface area contributed by atoms with Gasteiger partial charge in [0.05, 0.1) is 33.1 Å².